The fourth-order valence-electron chi connectivity index (χ4n) is 1.27. The van der Waals surface area contributed by atoms with Crippen LogP contribution in [-0.2, 0) is 4.74 Å². The average molecular weight is 255 g/mol. The van der Waals surface area contributed by atoms with Crippen molar-refractivity contribution in [2.75, 3.05) is 13.7 Å². The van der Waals surface area contributed by atoms with Crippen molar-refractivity contribution in [1.29, 1.82) is 0 Å². The van der Waals surface area contributed by atoms with E-state index in [1.807, 2.05) is 13.0 Å². The van der Waals surface area contributed by atoms with E-state index < -0.39 is 5.97 Å². The van der Waals surface area contributed by atoms with Crippen LogP contribution in [0.5, 0.6) is 5.75 Å². The van der Waals surface area contributed by atoms with Crippen molar-refractivity contribution in [3.63, 3.8) is 0 Å². The third kappa shape index (κ3) is 4.11. The van der Waals surface area contributed by atoms with E-state index >= 15 is 0 Å². The van der Waals surface area contributed by atoms with Crippen LogP contribution in [0.15, 0.2) is 30.4 Å². The van der Waals surface area contributed by atoms with E-state index in [-0.39, 0.29) is 6.61 Å². The number of methoxy groups -OCH3 is 1. The number of halogens is 1. The molecule has 0 bridgehead atoms. The fourth-order valence-corrected chi connectivity index (χ4v) is 1.43. The number of rotatable bonds is 5. The zero-order valence-corrected chi connectivity index (χ0v) is 10.7. The SMILES string of the molecule is CCC=CCOC(=O)c1ccc(Cl)cc1OC. The number of carbonyl (C=O) groups excluding carboxylic acids is 1. The molecule has 1 rings (SSSR count). The van der Waals surface area contributed by atoms with Gasteiger partial charge in [0.25, 0.3) is 0 Å². The number of hydrogen-bond acceptors (Lipinski definition) is 3. The summed E-state index contributed by atoms with van der Waals surface area (Å²) >= 11 is 5.80. The molecule has 0 aliphatic heterocycles. The number of benzene rings is 1. The monoisotopic (exact) mass is 254 g/mol. The predicted octanol–water partition coefficient (Wildman–Crippen LogP) is 3.47. The van der Waals surface area contributed by atoms with Crippen LogP contribution in [0.25, 0.3) is 0 Å². The summed E-state index contributed by atoms with van der Waals surface area (Å²) in [6.45, 7) is 2.28. The quantitative estimate of drug-likeness (QED) is 0.596. The van der Waals surface area contributed by atoms with E-state index in [1.54, 1.807) is 24.3 Å². The Morgan fingerprint density at radius 1 is 1.41 bits per heavy atom. The van der Waals surface area contributed by atoms with E-state index in [9.17, 15) is 4.79 Å². The van der Waals surface area contributed by atoms with E-state index in [2.05, 4.69) is 0 Å². The van der Waals surface area contributed by atoms with Crippen molar-refractivity contribution in [1.82, 2.24) is 0 Å². The molecule has 0 amide bonds. The molecule has 92 valence electrons. The lowest BCUT2D eigenvalue weighted by Crippen LogP contribution is -2.07. The molecule has 0 aliphatic carbocycles. The lowest BCUT2D eigenvalue weighted by molar-refractivity contribution is 0.0545. The van der Waals surface area contributed by atoms with Crippen molar-refractivity contribution in [3.8, 4) is 5.75 Å². The minimum atomic E-state index is -0.417. The Hall–Kier alpha value is -1.48. The van der Waals surface area contributed by atoms with Crippen LogP contribution in [0.1, 0.15) is 23.7 Å². The third-order valence-corrected chi connectivity index (χ3v) is 2.33. The van der Waals surface area contributed by atoms with Gasteiger partial charge in [0.05, 0.1) is 7.11 Å². The van der Waals surface area contributed by atoms with E-state index in [0.717, 1.165) is 6.42 Å². The molecule has 1 aromatic rings. The van der Waals surface area contributed by atoms with Gasteiger partial charge in [-0.3, -0.25) is 0 Å². The standard InChI is InChI=1S/C13H15ClO3/c1-3-4-5-8-17-13(15)11-7-6-10(14)9-12(11)16-2/h4-7,9H,3,8H2,1-2H3. The normalized spacial score (nSPS) is 10.5. The number of allylic oxidation sites excluding steroid dienone is 1. The zero-order valence-electron chi connectivity index (χ0n) is 9.90. The lowest BCUT2D eigenvalue weighted by Gasteiger charge is -2.07. The van der Waals surface area contributed by atoms with E-state index in [1.165, 1.54) is 7.11 Å². The summed E-state index contributed by atoms with van der Waals surface area (Å²) in [5.41, 5.74) is 0.377. The molecular formula is C13H15ClO3. The van der Waals surface area contributed by atoms with Gasteiger partial charge in [0, 0.05) is 5.02 Å². The molecule has 0 atom stereocenters. The second kappa shape index (κ2) is 6.97. The van der Waals surface area contributed by atoms with Crippen molar-refractivity contribution in [2.45, 2.75) is 13.3 Å². The fraction of sp³-hybridized carbons (Fsp3) is 0.308. The molecule has 0 aromatic heterocycles. The molecule has 0 N–H and O–H groups in total. The molecule has 0 saturated carbocycles. The van der Waals surface area contributed by atoms with Gasteiger partial charge in [-0.1, -0.05) is 30.7 Å². The van der Waals surface area contributed by atoms with Gasteiger partial charge in [0.1, 0.15) is 17.9 Å². The number of carbonyl (C=O) groups is 1. The summed E-state index contributed by atoms with van der Waals surface area (Å²) in [4.78, 5) is 11.7. The first-order valence-electron chi connectivity index (χ1n) is 5.34. The van der Waals surface area contributed by atoms with Gasteiger partial charge in [-0.15, -0.1) is 0 Å². The Kier molecular flexibility index (Phi) is 5.57. The molecule has 0 unspecified atom stereocenters. The first-order valence-corrected chi connectivity index (χ1v) is 5.72. The molecule has 0 fully saturated rings. The highest BCUT2D eigenvalue weighted by Crippen LogP contribution is 2.23. The van der Waals surface area contributed by atoms with Gasteiger partial charge >= 0.3 is 5.97 Å². The Morgan fingerprint density at radius 3 is 2.82 bits per heavy atom. The predicted molar refractivity (Wildman–Crippen MR) is 67.7 cm³/mol. The maximum atomic E-state index is 11.7. The molecule has 3 nitrogen and oxygen atoms in total. The van der Waals surface area contributed by atoms with Crippen LogP contribution in [0.3, 0.4) is 0 Å². The Balaban J connectivity index is 2.71. The van der Waals surface area contributed by atoms with Crippen LogP contribution in [-0.4, -0.2) is 19.7 Å². The summed E-state index contributed by atoms with van der Waals surface area (Å²) in [5, 5.41) is 0.518. The molecule has 0 spiro atoms. The van der Waals surface area contributed by atoms with E-state index in [4.69, 9.17) is 21.1 Å². The number of ether oxygens (including phenoxy) is 2. The van der Waals surface area contributed by atoms with Gasteiger partial charge in [-0.2, -0.15) is 0 Å². The minimum absolute atomic E-state index is 0.262. The van der Waals surface area contributed by atoms with Crippen LogP contribution >= 0.6 is 11.6 Å². The first-order chi connectivity index (χ1) is 8.19. The highest BCUT2D eigenvalue weighted by atomic mass is 35.5. The Bertz CT molecular complexity index is 413. The lowest BCUT2D eigenvalue weighted by atomic mass is 10.2. The van der Waals surface area contributed by atoms with Crippen molar-refractivity contribution < 1.29 is 14.3 Å². The molecule has 0 heterocycles. The topological polar surface area (TPSA) is 35.5 Å². The van der Waals surface area contributed by atoms with Crippen molar-refractivity contribution >= 4 is 17.6 Å². The second-order valence-electron chi connectivity index (χ2n) is 3.32. The molecule has 0 saturated heterocycles. The smallest absolute Gasteiger partial charge is 0.342 e. The van der Waals surface area contributed by atoms with Crippen molar-refractivity contribution in [3.05, 3.63) is 40.9 Å². The second-order valence-corrected chi connectivity index (χ2v) is 3.76. The molecule has 0 radical (unpaired) electrons. The number of hydrogen-bond donors (Lipinski definition) is 0. The van der Waals surface area contributed by atoms with Gasteiger partial charge < -0.3 is 9.47 Å². The van der Waals surface area contributed by atoms with Crippen LogP contribution in [0.2, 0.25) is 5.02 Å². The Morgan fingerprint density at radius 2 is 2.18 bits per heavy atom. The summed E-state index contributed by atoms with van der Waals surface area (Å²) < 4.78 is 10.1. The maximum absolute atomic E-state index is 11.7. The first kappa shape index (κ1) is 13.6. The minimum Gasteiger partial charge on any atom is -0.496 e. The van der Waals surface area contributed by atoms with Crippen LogP contribution < -0.4 is 4.74 Å². The summed E-state index contributed by atoms with van der Waals surface area (Å²) in [7, 11) is 1.49. The van der Waals surface area contributed by atoms with Gasteiger partial charge in [0.2, 0.25) is 0 Å². The molecule has 4 heteroatoms. The zero-order chi connectivity index (χ0) is 12.7. The molecule has 0 aliphatic rings. The van der Waals surface area contributed by atoms with Gasteiger partial charge in [-0.05, 0) is 24.6 Å². The summed E-state index contributed by atoms with van der Waals surface area (Å²) in [5.74, 6) is 0.00115. The summed E-state index contributed by atoms with van der Waals surface area (Å²) in [6, 6.07) is 4.80. The highest BCUT2D eigenvalue weighted by molar-refractivity contribution is 6.30. The van der Waals surface area contributed by atoms with E-state index in [0.29, 0.717) is 16.3 Å². The summed E-state index contributed by atoms with van der Waals surface area (Å²) in [6.07, 6.45) is 4.66. The molecular weight excluding hydrogens is 240 g/mol. The highest BCUT2D eigenvalue weighted by Gasteiger charge is 2.13. The number of esters is 1. The van der Waals surface area contributed by atoms with Crippen LogP contribution in [0, 0.1) is 0 Å². The molecule has 1 aromatic carbocycles. The van der Waals surface area contributed by atoms with Gasteiger partial charge in [0.15, 0.2) is 0 Å². The molecule has 17 heavy (non-hydrogen) atoms. The average Bonchev–Trinajstić information content (AvgIpc) is 2.34. The third-order valence-electron chi connectivity index (χ3n) is 2.10. The van der Waals surface area contributed by atoms with Crippen LogP contribution in [0.4, 0.5) is 0 Å². The van der Waals surface area contributed by atoms with Crippen molar-refractivity contribution in [2.24, 2.45) is 0 Å². The van der Waals surface area contributed by atoms with Gasteiger partial charge in [-0.25, -0.2) is 4.79 Å². The largest absolute Gasteiger partial charge is 0.496 e. The Labute approximate surface area is 106 Å². The maximum Gasteiger partial charge on any atom is 0.342 e.